The molecule has 0 aliphatic rings. The number of thiophene rings is 1. The third-order valence-electron chi connectivity index (χ3n) is 5.12. The highest BCUT2D eigenvalue weighted by Crippen LogP contribution is 2.40. The molecule has 3 aromatic rings. The first kappa shape index (κ1) is 26.3. The van der Waals surface area contributed by atoms with E-state index < -0.39 is 10.0 Å². The van der Waals surface area contributed by atoms with Crippen molar-refractivity contribution in [3.8, 4) is 5.75 Å². The van der Waals surface area contributed by atoms with Crippen molar-refractivity contribution < 1.29 is 22.7 Å². The van der Waals surface area contributed by atoms with Crippen LogP contribution in [0.5, 0.6) is 5.75 Å². The molecule has 0 aliphatic heterocycles. The van der Waals surface area contributed by atoms with Crippen LogP contribution in [0.2, 0.25) is 0 Å². The first-order valence-corrected chi connectivity index (χ1v) is 13.4. The van der Waals surface area contributed by atoms with Crippen LogP contribution in [-0.2, 0) is 15.4 Å². The minimum atomic E-state index is -3.59. The summed E-state index contributed by atoms with van der Waals surface area (Å²) in [5.41, 5.74) is 1.68. The highest BCUT2D eigenvalue weighted by atomic mass is 32.2. The van der Waals surface area contributed by atoms with Gasteiger partial charge in [0, 0.05) is 14.1 Å². The second-order valence-corrected chi connectivity index (χ2v) is 12.1. The summed E-state index contributed by atoms with van der Waals surface area (Å²) in [6.07, 6.45) is 1.05. The van der Waals surface area contributed by atoms with E-state index in [1.807, 2.05) is 26.8 Å². The number of urea groups is 1. The topological polar surface area (TPSA) is 117 Å². The Labute approximate surface area is 209 Å². The van der Waals surface area contributed by atoms with Crippen molar-refractivity contribution in [3.05, 3.63) is 46.8 Å². The highest BCUT2D eigenvalue weighted by molar-refractivity contribution is 7.92. The van der Waals surface area contributed by atoms with E-state index in [1.165, 1.54) is 23.3 Å². The zero-order valence-corrected chi connectivity index (χ0v) is 22.4. The number of carbonyl (C=O) groups excluding carboxylic acids is 2. The number of fused-ring (bicyclic) bond motifs is 1. The molecule has 9 nitrogen and oxygen atoms in total. The van der Waals surface area contributed by atoms with Gasteiger partial charge in [0.05, 0.1) is 40.0 Å². The summed E-state index contributed by atoms with van der Waals surface area (Å²) in [4.78, 5) is 27.2. The largest absolute Gasteiger partial charge is 0.492 e. The smallest absolute Gasteiger partial charge is 0.321 e. The lowest BCUT2D eigenvalue weighted by Crippen LogP contribution is -2.27. The summed E-state index contributed by atoms with van der Waals surface area (Å²) in [5, 5.41) is 6.52. The third kappa shape index (κ3) is 6.23. The Morgan fingerprint density at radius 1 is 1.00 bits per heavy atom. The van der Waals surface area contributed by atoms with E-state index in [2.05, 4.69) is 15.4 Å². The zero-order chi connectivity index (χ0) is 26.1. The Morgan fingerprint density at radius 2 is 1.66 bits per heavy atom. The summed E-state index contributed by atoms with van der Waals surface area (Å²) in [5.74, 6) is -0.178. The summed E-state index contributed by atoms with van der Waals surface area (Å²) in [6, 6.07) is 10.4. The predicted molar refractivity (Wildman–Crippen MR) is 143 cm³/mol. The fourth-order valence-electron chi connectivity index (χ4n) is 3.33. The van der Waals surface area contributed by atoms with Crippen molar-refractivity contribution in [2.45, 2.75) is 26.2 Å². The van der Waals surface area contributed by atoms with Crippen LogP contribution in [0.15, 0.2) is 36.4 Å². The van der Waals surface area contributed by atoms with Crippen LogP contribution in [0, 0.1) is 0 Å². The number of anilines is 3. The fourth-order valence-corrected chi connectivity index (χ4v) is 4.91. The van der Waals surface area contributed by atoms with Crippen LogP contribution in [0.1, 0.15) is 36.0 Å². The number of hydrogen-bond acceptors (Lipinski definition) is 6. The monoisotopic (exact) mass is 518 g/mol. The molecule has 0 bridgehead atoms. The molecule has 0 unspecified atom stereocenters. The Bertz CT molecular complexity index is 1390. The number of benzene rings is 2. The highest BCUT2D eigenvalue weighted by Gasteiger charge is 2.23. The number of sulfonamides is 1. The Balaban J connectivity index is 2.03. The molecule has 1 aromatic heterocycles. The van der Waals surface area contributed by atoms with Gasteiger partial charge in [0.2, 0.25) is 10.0 Å². The molecule has 0 atom stereocenters. The van der Waals surface area contributed by atoms with E-state index in [0.29, 0.717) is 16.3 Å². The first-order chi connectivity index (χ1) is 16.2. The molecule has 11 heteroatoms. The molecule has 35 heavy (non-hydrogen) atoms. The lowest BCUT2D eigenvalue weighted by Gasteiger charge is -2.23. The third-order valence-corrected chi connectivity index (χ3v) is 6.89. The van der Waals surface area contributed by atoms with Crippen LogP contribution in [0.3, 0.4) is 0 Å². The molecule has 0 spiro atoms. The zero-order valence-electron chi connectivity index (χ0n) is 20.8. The van der Waals surface area contributed by atoms with Gasteiger partial charge in [0.15, 0.2) is 5.75 Å². The molecule has 0 saturated carbocycles. The Hall–Kier alpha value is -3.31. The van der Waals surface area contributed by atoms with E-state index >= 15 is 0 Å². The molecule has 3 amide bonds. The fraction of sp³-hybridized carbons (Fsp3) is 0.333. The van der Waals surface area contributed by atoms with E-state index in [0.717, 1.165) is 21.9 Å². The van der Waals surface area contributed by atoms with Gasteiger partial charge in [-0.15, -0.1) is 11.3 Å². The SMILES string of the molecule is COc1c(NC(=O)c2cc3cccc(NC(=O)N(C)C)c3s2)cc(C(C)(C)C)cc1NS(C)(=O)=O. The Morgan fingerprint density at radius 3 is 2.23 bits per heavy atom. The molecule has 0 radical (unpaired) electrons. The number of hydrogen-bond donors (Lipinski definition) is 3. The maximum atomic E-state index is 13.3. The molecule has 188 valence electrons. The average molecular weight is 519 g/mol. The second kappa shape index (κ2) is 9.74. The van der Waals surface area contributed by atoms with Crippen molar-refractivity contribution in [2.75, 3.05) is 42.8 Å². The molecule has 3 rings (SSSR count). The van der Waals surface area contributed by atoms with Crippen molar-refractivity contribution >= 4 is 60.4 Å². The van der Waals surface area contributed by atoms with Crippen LogP contribution in [-0.4, -0.2) is 52.7 Å². The number of methoxy groups -OCH3 is 1. The number of amides is 3. The minimum absolute atomic E-state index is 0.205. The maximum Gasteiger partial charge on any atom is 0.321 e. The van der Waals surface area contributed by atoms with E-state index in [-0.39, 0.29) is 28.8 Å². The van der Waals surface area contributed by atoms with Crippen LogP contribution >= 0.6 is 11.3 Å². The molecule has 3 N–H and O–H groups in total. The van der Waals surface area contributed by atoms with Gasteiger partial charge in [0.1, 0.15) is 0 Å². The number of carbonyl (C=O) groups is 2. The number of rotatable bonds is 6. The maximum absolute atomic E-state index is 13.3. The quantitative estimate of drug-likeness (QED) is 0.428. The van der Waals surface area contributed by atoms with Gasteiger partial charge in [-0.25, -0.2) is 13.2 Å². The van der Waals surface area contributed by atoms with Crippen molar-refractivity contribution in [2.24, 2.45) is 0 Å². The Kier molecular flexibility index (Phi) is 7.32. The van der Waals surface area contributed by atoms with E-state index in [9.17, 15) is 18.0 Å². The normalized spacial score (nSPS) is 11.7. The van der Waals surface area contributed by atoms with Crippen molar-refractivity contribution in [3.63, 3.8) is 0 Å². The van der Waals surface area contributed by atoms with E-state index in [1.54, 1.807) is 44.4 Å². The molecular formula is C24H30N4O5S2. The summed E-state index contributed by atoms with van der Waals surface area (Å²) in [6.45, 7) is 5.96. The average Bonchev–Trinajstić information content (AvgIpc) is 3.17. The lowest BCUT2D eigenvalue weighted by molar-refractivity contribution is 0.103. The molecule has 2 aromatic carbocycles. The predicted octanol–water partition coefficient (Wildman–Crippen LogP) is 4.92. The minimum Gasteiger partial charge on any atom is -0.492 e. The number of ether oxygens (including phenoxy) is 1. The number of nitrogens with one attached hydrogen (secondary N) is 3. The van der Waals surface area contributed by atoms with Gasteiger partial charge in [-0.1, -0.05) is 32.9 Å². The lowest BCUT2D eigenvalue weighted by atomic mass is 9.86. The summed E-state index contributed by atoms with van der Waals surface area (Å²) < 4.78 is 32.6. The van der Waals surface area contributed by atoms with Gasteiger partial charge >= 0.3 is 6.03 Å². The van der Waals surface area contributed by atoms with Gasteiger partial charge in [-0.05, 0) is 40.6 Å². The van der Waals surface area contributed by atoms with Crippen LogP contribution < -0.4 is 20.1 Å². The van der Waals surface area contributed by atoms with Gasteiger partial charge in [-0.2, -0.15) is 0 Å². The van der Waals surface area contributed by atoms with Crippen molar-refractivity contribution in [1.29, 1.82) is 0 Å². The molecular weight excluding hydrogens is 488 g/mol. The number of nitrogens with zero attached hydrogens (tertiary/aromatic N) is 1. The molecule has 0 saturated heterocycles. The summed E-state index contributed by atoms with van der Waals surface area (Å²) >= 11 is 1.24. The standard InChI is InChI=1S/C24H30N4O5S2/c1-24(2,3)15-12-17(20(33-6)18(13-15)27-35(7,31)32)25-22(29)19-11-14-9-8-10-16(21(14)34-19)26-23(30)28(4)5/h8-13,27H,1-7H3,(H,25,29)(H,26,30). The van der Waals surface area contributed by atoms with Gasteiger partial charge < -0.3 is 20.3 Å². The molecule has 1 heterocycles. The molecule has 0 fully saturated rings. The van der Waals surface area contributed by atoms with Crippen LogP contribution in [0.4, 0.5) is 21.9 Å². The second-order valence-electron chi connectivity index (χ2n) is 9.34. The van der Waals surface area contributed by atoms with E-state index in [4.69, 9.17) is 4.74 Å². The molecule has 0 aliphatic carbocycles. The van der Waals surface area contributed by atoms with Gasteiger partial charge in [0.25, 0.3) is 5.91 Å². The summed E-state index contributed by atoms with van der Waals surface area (Å²) in [7, 11) is 1.12. The van der Waals surface area contributed by atoms with Crippen molar-refractivity contribution in [1.82, 2.24) is 4.90 Å². The first-order valence-electron chi connectivity index (χ1n) is 10.7. The van der Waals surface area contributed by atoms with Gasteiger partial charge in [-0.3, -0.25) is 9.52 Å². The van der Waals surface area contributed by atoms with Crippen LogP contribution in [0.25, 0.3) is 10.1 Å².